The molecule has 0 aliphatic carbocycles. The summed E-state index contributed by atoms with van der Waals surface area (Å²) in [7, 11) is -9.48. The Bertz CT molecular complexity index is 4080. The van der Waals surface area contributed by atoms with Gasteiger partial charge >= 0.3 is 0 Å². The molecule has 4 aromatic carbocycles. The second kappa shape index (κ2) is 32.0. The second-order valence-corrected chi connectivity index (χ2v) is 26.8. The first kappa shape index (κ1) is 70.3. The van der Waals surface area contributed by atoms with E-state index in [1.165, 1.54) is 74.2 Å². The average Bonchev–Trinajstić information content (AvgIpc) is 1.81. The zero-order valence-electron chi connectivity index (χ0n) is 52.8. The minimum absolute atomic E-state index is 0.139. The Labute approximate surface area is 560 Å². The number of hydrogen-bond donors (Lipinski definition) is 6. The van der Waals surface area contributed by atoms with Crippen LogP contribution in [0.25, 0.3) is 12.2 Å². The van der Waals surface area contributed by atoms with E-state index in [-0.39, 0.29) is 44.7 Å². The summed E-state index contributed by atoms with van der Waals surface area (Å²) in [5.41, 5.74) is 2.24. The van der Waals surface area contributed by atoms with E-state index < -0.39 is 53.4 Å². The Hall–Kier alpha value is -9.00. The molecule has 3 aromatic heterocycles. The molecule has 0 radical (unpaired) electrons. The molecule has 34 heteroatoms. The first-order valence-corrected chi connectivity index (χ1v) is 35.5. The van der Waals surface area contributed by atoms with Crippen LogP contribution in [-0.4, -0.2) is 159 Å². The van der Waals surface area contributed by atoms with Gasteiger partial charge in [0.05, 0.1) is 70.1 Å². The zero-order valence-corrected chi connectivity index (χ0v) is 56.8. The number of thioether (sulfide) groups is 1. The van der Waals surface area contributed by atoms with Crippen molar-refractivity contribution in [3.05, 3.63) is 106 Å². The van der Waals surface area contributed by atoms with E-state index >= 15 is 0 Å². The molecule has 2 amide bonds. The van der Waals surface area contributed by atoms with Crippen molar-refractivity contribution in [2.24, 2.45) is 20.5 Å². The lowest BCUT2D eigenvalue weighted by molar-refractivity contribution is -0.120. The minimum Gasteiger partial charge on any atom is -0.378 e. The molecule has 2 fully saturated rings. The number of nitrogens with zero attached hydrogens (tertiary/aromatic N) is 13. The molecule has 5 heterocycles. The van der Waals surface area contributed by atoms with Gasteiger partial charge in [-0.1, -0.05) is 65.6 Å². The first-order chi connectivity index (χ1) is 45.6. The van der Waals surface area contributed by atoms with Gasteiger partial charge in [-0.05, 0) is 120 Å². The maximum absolute atomic E-state index is 13.8. The molecule has 2 aliphatic rings. The van der Waals surface area contributed by atoms with Crippen LogP contribution in [-0.2, 0) is 48.9 Å². The van der Waals surface area contributed by atoms with Gasteiger partial charge < -0.3 is 50.3 Å². The topological polar surface area (TPSA) is 370 Å². The van der Waals surface area contributed by atoms with Gasteiger partial charge in [0.1, 0.15) is 32.8 Å². The number of azo groups is 2. The quantitative estimate of drug-likeness (QED) is 0.00662. The van der Waals surface area contributed by atoms with E-state index in [2.05, 4.69) is 41.3 Å². The van der Waals surface area contributed by atoms with E-state index in [1.807, 2.05) is 68.7 Å². The Balaban J connectivity index is 1.06. The van der Waals surface area contributed by atoms with Crippen LogP contribution >= 0.6 is 34.4 Å². The van der Waals surface area contributed by atoms with Crippen molar-refractivity contribution < 1.29 is 54.6 Å². The molecular formula is C61H69N17O12S5. The van der Waals surface area contributed by atoms with Crippen molar-refractivity contribution in [1.82, 2.24) is 24.9 Å². The third kappa shape index (κ3) is 18.1. The third-order valence-electron chi connectivity index (χ3n) is 14.6. The smallest absolute Gasteiger partial charge is 0.296 e. The Morgan fingerprint density at radius 1 is 0.558 bits per heavy atom. The normalized spacial score (nSPS) is 14.1. The number of ketones is 2. The van der Waals surface area contributed by atoms with Crippen molar-refractivity contribution in [3.63, 3.8) is 0 Å². The molecule has 6 N–H and O–H groups in total. The summed E-state index contributed by atoms with van der Waals surface area (Å²) >= 11 is 3.50. The number of ether oxygens (including phenoxy) is 2. The lowest BCUT2D eigenvalue weighted by Gasteiger charge is -2.27. The lowest BCUT2D eigenvalue weighted by atomic mass is 10.1. The number of para-hydroxylation sites is 2. The number of rotatable bonds is 28. The standard InChI is InChI=1S/C61H69N17O12S5/c1-8-75(9-2)39-21-23-43(71-73-60-66-53(77-25-29-89-30-26-77)49(92-60)35-41(37(6)79)55(81)62-45-17-13-15-19-51(45)94(83,84)85)47(33-39)64-57-68-58(70-59(69-57)91-12-5)65-48-34-40(76(10-3)11-4)22-24-44(48)72-74-61-67-54(78-27-31-90-32-28-78)50(93-61)36-42(38(7)80)56(82)63-46-18-14-16-20-52(46)95(86,87)88/h13-24,33-36H,8-12,25-32H2,1-7H3,(H,62,81)(H,63,82)(H,83,84,85)(H,86,87,88)(H2,64,65,68,69,70)/b41-35-,42-36+,73-71?,74-72?. The second-order valence-electron chi connectivity index (χ2n) is 20.7. The monoisotopic (exact) mass is 1390 g/mol. The van der Waals surface area contributed by atoms with E-state index in [9.17, 15) is 45.1 Å². The lowest BCUT2D eigenvalue weighted by Crippen LogP contribution is -2.36. The third-order valence-corrected chi connectivity index (χ3v) is 18.9. The average molecular weight is 1390 g/mol. The van der Waals surface area contributed by atoms with Crippen LogP contribution in [0.1, 0.15) is 58.2 Å². The molecular weight excluding hydrogens is 1320 g/mol. The number of hydrogen-bond acceptors (Lipinski definition) is 28. The van der Waals surface area contributed by atoms with Crippen LogP contribution in [0, 0.1) is 0 Å². The number of thiazole rings is 2. The van der Waals surface area contributed by atoms with Gasteiger partial charge in [0, 0.05) is 63.7 Å². The highest BCUT2D eigenvalue weighted by atomic mass is 32.2. The van der Waals surface area contributed by atoms with Crippen LogP contribution in [0.3, 0.4) is 0 Å². The van der Waals surface area contributed by atoms with Crippen LogP contribution in [0.15, 0.2) is 131 Å². The number of aromatic nitrogens is 5. The number of carbonyl (C=O) groups excluding carboxylic acids is 4. The summed E-state index contributed by atoms with van der Waals surface area (Å²) < 4.78 is 79.7. The Morgan fingerprint density at radius 3 is 1.31 bits per heavy atom. The van der Waals surface area contributed by atoms with Crippen molar-refractivity contribution in [1.29, 1.82) is 0 Å². The molecule has 2 saturated heterocycles. The van der Waals surface area contributed by atoms with E-state index in [0.717, 1.165) is 46.2 Å². The molecule has 0 atom stereocenters. The number of anilines is 10. The predicted octanol–water partition coefficient (Wildman–Crippen LogP) is 11.3. The summed E-state index contributed by atoms with van der Waals surface area (Å²) in [4.78, 5) is 86.0. The molecule has 29 nitrogen and oxygen atoms in total. The van der Waals surface area contributed by atoms with Crippen LogP contribution in [0.5, 0.6) is 0 Å². The van der Waals surface area contributed by atoms with Crippen LogP contribution in [0.2, 0.25) is 0 Å². The number of benzene rings is 4. The maximum atomic E-state index is 13.8. The number of Topliss-reactive ketones (excluding diaryl/α,β-unsaturated/α-hetero) is 2. The summed E-state index contributed by atoms with van der Waals surface area (Å²) in [6.45, 7) is 18.5. The SMILES string of the molecule is CCSc1nc(Nc2cc(N(CC)CC)ccc2N=Nc2nc(N3CCOCC3)c(/C=C(/C(C)=O)C(=O)Nc3ccccc3S(=O)(=O)O)s2)nc(Nc2cc(N(CC)CC)ccc2N=Nc2nc(N3CCOCC3)c(/C=C(\C(C)=O)C(=O)Nc3ccccc3S(=O)(=O)O)s2)n1. The zero-order chi connectivity index (χ0) is 68.0. The molecule has 2 aliphatic heterocycles. The summed E-state index contributed by atoms with van der Waals surface area (Å²) in [6, 6.07) is 21.7. The van der Waals surface area contributed by atoms with Gasteiger partial charge in [-0.2, -0.15) is 41.8 Å². The number of nitrogens with one attached hydrogen (secondary N) is 4. The minimum atomic E-state index is -4.74. The highest BCUT2D eigenvalue weighted by Gasteiger charge is 2.28. The van der Waals surface area contributed by atoms with Crippen molar-refractivity contribution in [3.8, 4) is 0 Å². The summed E-state index contributed by atoms with van der Waals surface area (Å²) in [6.07, 6.45) is 2.73. The summed E-state index contributed by atoms with van der Waals surface area (Å²) in [5.74, 6) is -1.41. The van der Waals surface area contributed by atoms with Crippen LogP contribution in [0.4, 0.5) is 79.3 Å². The van der Waals surface area contributed by atoms with Gasteiger partial charge in [-0.25, -0.2) is 0 Å². The van der Waals surface area contributed by atoms with E-state index in [1.54, 1.807) is 12.1 Å². The molecule has 0 saturated carbocycles. The fourth-order valence-corrected chi connectivity index (χ4v) is 13.4. The van der Waals surface area contributed by atoms with Gasteiger partial charge in [-0.15, -0.1) is 20.5 Å². The highest BCUT2D eigenvalue weighted by Crippen LogP contribution is 2.41. The highest BCUT2D eigenvalue weighted by molar-refractivity contribution is 7.99. The van der Waals surface area contributed by atoms with Gasteiger partial charge in [0.15, 0.2) is 16.7 Å². The Kier molecular flexibility index (Phi) is 23.7. The first-order valence-electron chi connectivity index (χ1n) is 30.0. The number of morpholine rings is 2. The van der Waals surface area contributed by atoms with Crippen molar-refractivity contribution in [2.75, 3.05) is 125 Å². The fourth-order valence-electron chi connectivity index (χ4n) is 9.88. The predicted molar refractivity (Wildman–Crippen MR) is 369 cm³/mol. The molecule has 500 valence electrons. The molecule has 0 spiro atoms. The number of amides is 2. The molecule has 95 heavy (non-hydrogen) atoms. The Morgan fingerprint density at radius 2 is 0.947 bits per heavy atom. The number of carbonyl (C=O) groups is 4. The maximum Gasteiger partial charge on any atom is 0.296 e. The van der Waals surface area contributed by atoms with Crippen molar-refractivity contribution in [2.45, 2.75) is 63.4 Å². The fraction of sp³-hybridized carbons (Fsp3) is 0.328. The van der Waals surface area contributed by atoms with Gasteiger partial charge in [0.2, 0.25) is 22.2 Å². The van der Waals surface area contributed by atoms with E-state index in [4.69, 9.17) is 44.6 Å². The molecule has 0 unspecified atom stereocenters. The molecule has 7 aromatic rings. The molecule has 9 rings (SSSR count). The molecule has 0 bridgehead atoms. The summed E-state index contributed by atoms with van der Waals surface area (Å²) in [5, 5.41) is 31.0. The van der Waals surface area contributed by atoms with Crippen molar-refractivity contribution >= 4 is 169 Å². The van der Waals surface area contributed by atoms with Crippen LogP contribution < -0.4 is 40.9 Å². The van der Waals surface area contributed by atoms with Gasteiger partial charge in [-0.3, -0.25) is 28.3 Å². The van der Waals surface area contributed by atoms with Gasteiger partial charge in [0.25, 0.3) is 32.1 Å². The van der Waals surface area contributed by atoms with E-state index in [0.29, 0.717) is 134 Å². The largest absolute Gasteiger partial charge is 0.378 e.